The van der Waals surface area contributed by atoms with Crippen LogP contribution < -0.4 is 10.6 Å². The summed E-state index contributed by atoms with van der Waals surface area (Å²) in [4.78, 5) is 12.7. The van der Waals surface area contributed by atoms with Crippen LogP contribution in [0, 0.1) is 5.92 Å². The predicted octanol–water partition coefficient (Wildman–Crippen LogP) is 4.52. The fourth-order valence-electron chi connectivity index (χ4n) is 4.10. The lowest BCUT2D eigenvalue weighted by Crippen LogP contribution is -2.45. The lowest BCUT2D eigenvalue weighted by atomic mass is 9.98. The summed E-state index contributed by atoms with van der Waals surface area (Å²) in [6.45, 7) is 3.16. The van der Waals surface area contributed by atoms with Crippen molar-refractivity contribution in [3.05, 3.63) is 71.8 Å². The van der Waals surface area contributed by atoms with Gasteiger partial charge in [-0.2, -0.15) is 0 Å². The van der Waals surface area contributed by atoms with Crippen LogP contribution in [0.15, 0.2) is 60.7 Å². The highest BCUT2D eigenvalue weighted by Gasteiger charge is 2.27. The molecule has 0 radical (unpaired) electrons. The van der Waals surface area contributed by atoms with E-state index in [0.717, 1.165) is 51.5 Å². The number of carbonyl (C=O) groups is 1. The molecule has 1 heterocycles. The molecule has 2 aromatic carbocycles. The van der Waals surface area contributed by atoms with Gasteiger partial charge in [0.1, 0.15) is 0 Å². The Hall–Kier alpha value is -2.13. The largest absolute Gasteiger partial charge is 0.352 e. The van der Waals surface area contributed by atoms with Gasteiger partial charge in [0.05, 0.1) is 6.04 Å². The van der Waals surface area contributed by atoms with Gasteiger partial charge in [0, 0.05) is 6.04 Å². The predicted molar refractivity (Wildman–Crippen MR) is 116 cm³/mol. The van der Waals surface area contributed by atoms with Crippen molar-refractivity contribution in [2.24, 2.45) is 5.92 Å². The molecule has 1 fully saturated rings. The Labute approximate surface area is 169 Å². The van der Waals surface area contributed by atoms with Gasteiger partial charge < -0.3 is 10.6 Å². The first-order valence-corrected chi connectivity index (χ1v) is 10.8. The number of rotatable bonds is 10. The number of amides is 1. The molecule has 1 saturated heterocycles. The number of hydrogen-bond donors (Lipinski definition) is 2. The molecule has 0 bridgehead atoms. The highest BCUT2D eigenvalue weighted by Crippen LogP contribution is 2.16. The SMILES string of the molecule is CC1CNC(C(=O)NC(CCCc2ccccc2)CCCc2ccccc2)C1. The fraction of sp³-hybridized carbons (Fsp3) is 0.480. The molecule has 1 amide bonds. The van der Waals surface area contributed by atoms with Crippen molar-refractivity contribution in [3.8, 4) is 0 Å². The van der Waals surface area contributed by atoms with Crippen LogP contribution in [-0.2, 0) is 17.6 Å². The number of nitrogens with one attached hydrogen (secondary N) is 2. The minimum atomic E-state index is -0.0132. The third-order valence-corrected chi connectivity index (χ3v) is 5.74. The van der Waals surface area contributed by atoms with Gasteiger partial charge in [0.15, 0.2) is 0 Å². The van der Waals surface area contributed by atoms with Crippen molar-refractivity contribution in [1.82, 2.24) is 10.6 Å². The molecule has 3 heteroatoms. The van der Waals surface area contributed by atoms with E-state index in [1.54, 1.807) is 0 Å². The van der Waals surface area contributed by atoms with Crippen molar-refractivity contribution >= 4 is 5.91 Å². The molecule has 0 saturated carbocycles. The Bertz CT molecular complexity index is 656. The molecule has 150 valence electrons. The van der Waals surface area contributed by atoms with Crippen molar-refractivity contribution < 1.29 is 4.79 Å². The smallest absolute Gasteiger partial charge is 0.237 e. The van der Waals surface area contributed by atoms with Gasteiger partial charge in [-0.05, 0) is 68.5 Å². The zero-order valence-electron chi connectivity index (χ0n) is 17.1. The Morgan fingerprint density at radius 1 is 0.964 bits per heavy atom. The van der Waals surface area contributed by atoms with Crippen molar-refractivity contribution in [2.75, 3.05) is 6.54 Å². The normalized spacial score (nSPS) is 19.1. The lowest BCUT2D eigenvalue weighted by molar-refractivity contribution is -0.123. The molecule has 28 heavy (non-hydrogen) atoms. The van der Waals surface area contributed by atoms with Gasteiger partial charge in [0.25, 0.3) is 0 Å². The third-order valence-electron chi connectivity index (χ3n) is 5.74. The van der Waals surface area contributed by atoms with Crippen LogP contribution in [0.1, 0.15) is 50.2 Å². The van der Waals surface area contributed by atoms with Crippen LogP contribution in [0.25, 0.3) is 0 Å². The summed E-state index contributed by atoms with van der Waals surface area (Å²) in [7, 11) is 0. The average Bonchev–Trinajstić information content (AvgIpc) is 3.16. The Morgan fingerprint density at radius 2 is 1.50 bits per heavy atom. The summed E-state index contributed by atoms with van der Waals surface area (Å²) in [6, 6.07) is 21.5. The van der Waals surface area contributed by atoms with Gasteiger partial charge in [-0.1, -0.05) is 67.6 Å². The Kier molecular flexibility index (Phi) is 8.10. The molecule has 2 atom stereocenters. The van der Waals surface area contributed by atoms with E-state index in [1.165, 1.54) is 11.1 Å². The van der Waals surface area contributed by atoms with E-state index in [4.69, 9.17) is 0 Å². The fourth-order valence-corrected chi connectivity index (χ4v) is 4.10. The minimum Gasteiger partial charge on any atom is -0.352 e. The van der Waals surface area contributed by atoms with Crippen molar-refractivity contribution in [3.63, 3.8) is 0 Å². The van der Waals surface area contributed by atoms with E-state index in [0.29, 0.717) is 5.92 Å². The quantitative estimate of drug-likeness (QED) is 0.638. The van der Waals surface area contributed by atoms with E-state index in [9.17, 15) is 4.79 Å². The standard InChI is InChI=1S/C25H34N2O/c1-20-18-24(26-19-20)25(28)27-23(16-8-14-21-10-4-2-5-11-21)17-9-15-22-12-6-3-7-13-22/h2-7,10-13,20,23-24,26H,8-9,14-19H2,1H3,(H,27,28). The molecular weight excluding hydrogens is 344 g/mol. The van der Waals surface area contributed by atoms with Crippen LogP contribution in [-0.4, -0.2) is 24.5 Å². The molecular formula is C25H34N2O. The number of carbonyl (C=O) groups excluding carboxylic acids is 1. The zero-order valence-corrected chi connectivity index (χ0v) is 17.1. The molecule has 3 rings (SSSR count). The first kappa shape index (κ1) is 20.6. The first-order valence-electron chi connectivity index (χ1n) is 10.8. The maximum atomic E-state index is 12.7. The van der Waals surface area contributed by atoms with Crippen molar-refractivity contribution in [2.45, 2.75) is 64.0 Å². The van der Waals surface area contributed by atoms with E-state index < -0.39 is 0 Å². The highest BCUT2D eigenvalue weighted by molar-refractivity contribution is 5.82. The molecule has 0 aromatic heterocycles. The van der Waals surface area contributed by atoms with E-state index in [-0.39, 0.29) is 18.0 Å². The minimum absolute atomic E-state index is 0.0132. The highest BCUT2D eigenvalue weighted by atomic mass is 16.2. The second-order valence-electron chi connectivity index (χ2n) is 8.26. The summed E-state index contributed by atoms with van der Waals surface area (Å²) in [5.41, 5.74) is 2.76. The maximum absolute atomic E-state index is 12.7. The second-order valence-corrected chi connectivity index (χ2v) is 8.26. The molecule has 2 aromatic rings. The number of benzene rings is 2. The van der Waals surface area contributed by atoms with Gasteiger partial charge in [0.2, 0.25) is 5.91 Å². The molecule has 3 nitrogen and oxygen atoms in total. The summed E-state index contributed by atoms with van der Waals surface area (Å²) in [5, 5.41) is 6.71. The van der Waals surface area contributed by atoms with E-state index in [2.05, 4.69) is 78.2 Å². The van der Waals surface area contributed by atoms with Crippen LogP contribution in [0.2, 0.25) is 0 Å². The zero-order chi connectivity index (χ0) is 19.6. The number of aryl methyl sites for hydroxylation is 2. The average molecular weight is 379 g/mol. The molecule has 1 aliphatic rings. The van der Waals surface area contributed by atoms with Gasteiger partial charge in [-0.25, -0.2) is 0 Å². The summed E-state index contributed by atoms with van der Waals surface area (Å²) < 4.78 is 0. The second kappa shape index (κ2) is 11.0. The first-order chi connectivity index (χ1) is 13.7. The van der Waals surface area contributed by atoms with Gasteiger partial charge >= 0.3 is 0 Å². The molecule has 2 unspecified atom stereocenters. The Morgan fingerprint density at radius 3 is 1.96 bits per heavy atom. The van der Waals surface area contributed by atoms with Crippen LogP contribution >= 0.6 is 0 Å². The number of hydrogen-bond acceptors (Lipinski definition) is 2. The van der Waals surface area contributed by atoms with Gasteiger partial charge in [-0.15, -0.1) is 0 Å². The molecule has 2 N–H and O–H groups in total. The van der Waals surface area contributed by atoms with Crippen LogP contribution in [0.5, 0.6) is 0 Å². The van der Waals surface area contributed by atoms with Crippen LogP contribution in [0.4, 0.5) is 0 Å². The van der Waals surface area contributed by atoms with Gasteiger partial charge in [-0.3, -0.25) is 4.79 Å². The molecule has 0 aliphatic carbocycles. The lowest BCUT2D eigenvalue weighted by Gasteiger charge is -2.21. The summed E-state index contributed by atoms with van der Waals surface area (Å²) in [6.07, 6.45) is 7.39. The summed E-state index contributed by atoms with van der Waals surface area (Å²) in [5.74, 6) is 0.777. The van der Waals surface area contributed by atoms with Crippen molar-refractivity contribution in [1.29, 1.82) is 0 Å². The van der Waals surface area contributed by atoms with E-state index in [1.807, 2.05) is 0 Å². The Balaban J connectivity index is 1.49. The summed E-state index contributed by atoms with van der Waals surface area (Å²) >= 11 is 0. The monoisotopic (exact) mass is 378 g/mol. The van der Waals surface area contributed by atoms with E-state index >= 15 is 0 Å². The molecule has 1 aliphatic heterocycles. The maximum Gasteiger partial charge on any atom is 0.237 e. The van der Waals surface area contributed by atoms with Crippen LogP contribution in [0.3, 0.4) is 0 Å². The third kappa shape index (κ3) is 6.79. The molecule has 0 spiro atoms. The topological polar surface area (TPSA) is 41.1 Å².